The lowest BCUT2D eigenvalue weighted by Gasteiger charge is -2.46. The van der Waals surface area contributed by atoms with Gasteiger partial charge in [-0.05, 0) is 18.6 Å². The van der Waals surface area contributed by atoms with Crippen molar-refractivity contribution in [3.63, 3.8) is 0 Å². The van der Waals surface area contributed by atoms with Crippen LogP contribution in [0.3, 0.4) is 0 Å². The van der Waals surface area contributed by atoms with Gasteiger partial charge in [-0.15, -0.1) is 0 Å². The van der Waals surface area contributed by atoms with E-state index in [0.717, 1.165) is 0 Å². The smallest absolute Gasteiger partial charge is 0.343 e. The fourth-order valence-corrected chi connectivity index (χ4v) is 3.91. The number of ether oxygens (including phenoxy) is 3. The summed E-state index contributed by atoms with van der Waals surface area (Å²) in [5.41, 5.74) is -1.04. The highest BCUT2D eigenvalue weighted by molar-refractivity contribution is 5.89. The lowest BCUT2D eigenvalue weighted by molar-refractivity contribution is -0.129. The lowest BCUT2D eigenvalue weighted by atomic mass is 9.76. The van der Waals surface area contributed by atoms with E-state index in [-0.39, 0.29) is 25.2 Å². The molecular formula is C24H32N2O7. The van der Waals surface area contributed by atoms with E-state index in [0.29, 0.717) is 48.0 Å². The maximum atomic E-state index is 12.8. The first kappa shape index (κ1) is 24.9. The van der Waals surface area contributed by atoms with Crippen LogP contribution in [0.2, 0.25) is 0 Å². The maximum absolute atomic E-state index is 12.8. The van der Waals surface area contributed by atoms with Crippen LogP contribution in [0.5, 0.6) is 5.75 Å². The highest BCUT2D eigenvalue weighted by Gasteiger charge is 2.46. The molecule has 1 atom stereocenters. The van der Waals surface area contributed by atoms with Crippen molar-refractivity contribution in [1.29, 1.82) is 0 Å². The Morgan fingerprint density at radius 3 is 2.61 bits per heavy atom. The minimum Gasteiger partial charge on any atom is -0.491 e. The molecule has 0 bridgehead atoms. The van der Waals surface area contributed by atoms with Gasteiger partial charge in [0.25, 0.3) is 0 Å². The third-order valence-electron chi connectivity index (χ3n) is 5.87. The predicted molar refractivity (Wildman–Crippen MR) is 121 cm³/mol. The molecule has 0 unspecified atom stereocenters. The van der Waals surface area contributed by atoms with Crippen molar-refractivity contribution in [2.24, 2.45) is 5.41 Å². The molecule has 0 saturated carbocycles. The van der Waals surface area contributed by atoms with Gasteiger partial charge in [0.05, 0.1) is 31.2 Å². The molecule has 0 aliphatic carbocycles. The summed E-state index contributed by atoms with van der Waals surface area (Å²) in [4.78, 5) is 29.7. The maximum Gasteiger partial charge on any atom is 0.343 e. The Balaban J connectivity index is 2.20. The second kappa shape index (κ2) is 9.62. The molecule has 3 heterocycles. The Morgan fingerprint density at radius 2 is 2.00 bits per heavy atom. The molecule has 0 saturated heterocycles. The predicted octanol–water partition coefficient (Wildman–Crippen LogP) is 2.24. The number of pyridine rings is 2. The number of carbonyl (C=O) groups is 1. The summed E-state index contributed by atoms with van der Waals surface area (Å²) in [6.45, 7) is 7.97. The van der Waals surface area contributed by atoms with Gasteiger partial charge in [0.2, 0.25) is 0 Å². The lowest BCUT2D eigenvalue weighted by Crippen LogP contribution is -2.50. The first-order valence-electron chi connectivity index (χ1n) is 11.0. The van der Waals surface area contributed by atoms with Gasteiger partial charge in [-0.25, -0.2) is 9.78 Å². The number of aliphatic hydroxyl groups excluding tert-OH is 1. The molecule has 0 aromatic carbocycles. The SMILES string of the molecule is CCOC(=O)c1cn2c(cc1=O)-c1nc(CO)c(OCCCOC)cc1C[C@]2(O)C(C)(C)C. The van der Waals surface area contributed by atoms with Crippen molar-refractivity contribution in [2.45, 2.75) is 52.9 Å². The minimum absolute atomic E-state index is 0.126. The van der Waals surface area contributed by atoms with Gasteiger partial charge < -0.3 is 29.0 Å². The van der Waals surface area contributed by atoms with Gasteiger partial charge in [-0.1, -0.05) is 20.8 Å². The highest BCUT2D eigenvalue weighted by Crippen LogP contribution is 2.45. The molecule has 0 amide bonds. The molecule has 9 nitrogen and oxygen atoms in total. The Labute approximate surface area is 192 Å². The van der Waals surface area contributed by atoms with Gasteiger partial charge in [0.1, 0.15) is 17.0 Å². The van der Waals surface area contributed by atoms with Crippen LogP contribution in [-0.4, -0.2) is 52.7 Å². The van der Waals surface area contributed by atoms with Crippen molar-refractivity contribution >= 4 is 5.97 Å². The van der Waals surface area contributed by atoms with E-state index in [4.69, 9.17) is 14.2 Å². The molecule has 0 fully saturated rings. The summed E-state index contributed by atoms with van der Waals surface area (Å²) in [6.07, 6.45) is 2.18. The number of hydrogen-bond donors (Lipinski definition) is 2. The average molecular weight is 461 g/mol. The molecule has 2 aromatic rings. The summed E-state index contributed by atoms with van der Waals surface area (Å²) in [5, 5.41) is 21.8. The van der Waals surface area contributed by atoms with Crippen LogP contribution < -0.4 is 10.2 Å². The molecule has 9 heteroatoms. The van der Waals surface area contributed by atoms with E-state index >= 15 is 0 Å². The van der Waals surface area contributed by atoms with E-state index in [9.17, 15) is 19.8 Å². The van der Waals surface area contributed by atoms with Gasteiger partial charge in [0, 0.05) is 44.2 Å². The third-order valence-corrected chi connectivity index (χ3v) is 5.87. The Morgan fingerprint density at radius 1 is 1.27 bits per heavy atom. The Kier molecular flexibility index (Phi) is 7.26. The summed E-state index contributed by atoms with van der Waals surface area (Å²) in [7, 11) is 1.61. The Hall–Kier alpha value is -2.75. The van der Waals surface area contributed by atoms with E-state index in [1.165, 1.54) is 16.8 Å². The summed E-state index contributed by atoms with van der Waals surface area (Å²) >= 11 is 0. The topological polar surface area (TPSA) is 120 Å². The van der Waals surface area contributed by atoms with Crippen LogP contribution in [0.25, 0.3) is 11.4 Å². The number of esters is 1. The van der Waals surface area contributed by atoms with Crippen molar-refractivity contribution in [1.82, 2.24) is 9.55 Å². The van der Waals surface area contributed by atoms with Gasteiger partial charge >= 0.3 is 5.97 Å². The van der Waals surface area contributed by atoms with Crippen molar-refractivity contribution in [3.8, 4) is 17.1 Å². The van der Waals surface area contributed by atoms with Crippen LogP contribution in [-0.2, 0) is 28.2 Å². The third kappa shape index (κ3) is 4.66. The molecule has 33 heavy (non-hydrogen) atoms. The van der Waals surface area contributed by atoms with Gasteiger partial charge in [-0.3, -0.25) is 4.79 Å². The minimum atomic E-state index is -1.47. The van der Waals surface area contributed by atoms with Gasteiger partial charge in [0.15, 0.2) is 11.2 Å². The zero-order chi connectivity index (χ0) is 24.4. The first-order chi connectivity index (χ1) is 15.6. The number of nitrogens with zero attached hydrogens (tertiary/aromatic N) is 2. The summed E-state index contributed by atoms with van der Waals surface area (Å²) < 4.78 is 17.4. The zero-order valence-electron chi connectivity index (χ0n) is 19.8. The second-order valence-corrected chi connectivity index (χ2v) is 9.06. The van der Waals surface area contributed by atoms with E-state index in [1.54, 1.807) is 20.1 Å². The van der Waals surface area contributed by atoms with Crippen molar-refractivity contribution < 1.29 is 29.2 Å². The first-order valence-corrected chi connectivity index (χ1v) is 11.0. The van der Waals surface area contributed by atoms with Crippen LogP contribution in [0.4, 0.5) is 0 Å². The highest BCUT2D eigenvalue weighted by atomic mass is 16.5. The molecule has 180 valence electrons. The molecule has 0 spiro atoms. The summed E-state index contributed by atoms with van der Waals surface area (Å²) in [6, 6.07) is 3.04. The van der Waals surface area contributed by atoms with Crippen molar-refractivity contribution in [3.05, 3.63) is 45.4 Å². The average Bonchev–Trinajstić information content (AvgIpc) is 2.75. The second-order valence-electron chi connectivity index (χ2n) is 9.06. The molecular weight excluding hydrogens is 428 g/mol. The fourth-order valence-electron chi connectivity index (χ4n) is 3.91. The number of fused-ring (bicyclic) bond motifs is 3. The number of hydrogen-bond acceptors (Lipinski definition) is 8. The van der Waals surface area contributed by atoms with Crippen LogP contribution >= 0.6 is 0 Å². The summed E-state index contributed by atoms with van der Waals surface area (Å²) in [5.74, 6) is -0.328. The number of carbonyl (C=O) groups excluding carboxylic acids is 1. The molecule has 0 radical (unpaired) electrons. The molecule has 2 N–H and O–H groups in total. The Bertz CT molecular complexity index is 1090. The van der Waals surface area contributed by atoms with E-state index in [2.05, 4.69) is 4.98 Å². The zero-order valence-corrected chi connectivity index (χ0v) is 19.8. The number of aliphatic hydroxyl groups is 2. The number of rotatable bonds is 8. The van der Waals surface area contributed by atoms with E-state index < -0.39 is 22.5 Å². The standard InChI is InChI=1S/C24H32N2O7/c1-6-32-22(29)16-13-26-18(11-19(16)28)21-15(12-24(26,30)23(2,3)4)10-20(17(14-27)25-21)33-9-7-8-31-5/h10-11,13,27,30H,6-9,12,14H2,1-5H3/t24-/m0/s1. The van der Waals surface area contributed by atoms with Crippen LogP contribution in [0.1, 0.15) is 55.7 Å². The molecule has 2 aromatic heterocycles. The van der Waals surface area contributed by atoms with Crippen molar-refractivity contribution in [2.75, 3.05) is 26.9 Å². The van der Waals surface area contributed by atoms with Crippen LogP contribution in [0, 0.1) is 5.41 Å². The number of methoxy groups -OCH3 is 1. The van der Waals surface area contributed by atoms with E-state index in [1.807, 2.05) is 20.8 Å². The normalized spacial score (nSPS) is 17.3. The molecule has 1 aliphatic heterocycles. The molecule has 3 rings (SSSR count). The molecule has 1 aliphatic rings. The van der Waals surface area contributed by atoms with Crippen LogP contribution in [0.15, 0.2) is 23.1 Å². The van der Waals surface area contributed by atoms with Gasteiger partial charge in [-0.2, -0.15) is 0 Å². The fraction of sp³-hybridized carbons (Fsp3) is 0.542. The largest absolute Gasteiger partial charge is 0.491 e. The quantitative estimate of drug-likeness (QED) is 0.455. The monoisotopic (exact) mass is 460 g/mol. The number of aromatic nitrogens is 2.